The van der Waals surface area contributed by atoms with Crippen molar-refractivity contribution in [2.24, 2.45) is 0 Å². The van der Waals surface area contributed by atoms with Crippen molar-refractivity contribution < 1.29 is 19.4 Å². The summed E-state index contributed by atoms with van der Waals surface area (Å²) in [6.45, 7) is 0.185. The Bertz CT molecular complexity index is 392. The van der Waals surface area contributed by atoms with Crippen molar-refractivity contribution in [3.05, 3.63) is 24.0 Å². The third-order valence-electron chi connectivity index (χ3n) is 1.84. The lowest BCUT2D eigenvalue weighted by Gasteiger charge is -2.05. The van der Waals surface area contributed by atoms with Gasteiger partial charge >= 0.3 is 5.97 Å². The van der Waals surface area contributed by atoms with Crippen molar-refractivity contribution in [2.45, 2.75) is 6.42 Å². The number of rotatable bonds is 5. The number of carboxylic acid groups (broad SMARTS) is 1. The Hall–Kier alpha value is -2.11. The maximum absolute atomic E-state index is 10.9. The lowest BCUT2D eigenvalue weighted by atomic mass is 10.3. The average molecular weight is 224 g/mol. The molecular formula is C10H12N2O4. The molecule has 0 aliphatic carbocycles. The Morgan fingerprint density at radius 1 is 1.50 bits per heavy atom. The number of amides is 1. The number of pyridine rings is 1. The fourth-order valence-electron chi connectivity index (χ4n) is 1.00. The molecule has 86 valence electrons. The number of ether oxygens (including phenoxy) is 1. The van der Waals surface area contributed by atoms with Crippen LogP contribution in [0.2, 0.25) is 0 Å². The highest BCUT2D eigenvalue weighted by Crippen LogP contribution is 2.11. The van der Waals surface area contributed by atoms with Gasteiger partial charge in [-0.1, -0.05) is 0 Å². The minimum Gasteiger partial charge on any atom is -0.491 e. The smallest absolute Gasteiger partial charge is 0.337 e. The first-order chi connectivity index (χ1) is 7.63. The number of carbonyl (C=O) groups is 2. The van der Waals surface area contributed by atoms with E-state index in [4.69, 9.17) is 9.84 Å². The molecular weight excluding hydrogens is 212 g/mol. The van der Waals surface area contributed by atoms with Gasteiger partial charge in [-0.15, -0.1) is 0 Å². The summed E-state index contributed by atoms with van der Waals surface area (Å²) >= 11 is 0. The van der Waals surface area contributed by atoms with E-state index in [-0.39, 0.29) is 24.5 Å². The summed E-state index contributed by atoms with van der Waals surface area (Å²) in [5.41, 5.74) is 0.0532. The molecule has 1 heterocycles. The lowest BCUT2D eigenvalue weighted by Crippen LogP contribution is -2.20. The van der Waals surface area contributed by atoms with Gasteiger partial charge in [-0.25, -0.2) is 4.79 Å². The van der Waals surface area contributed by atoms with Crippen molar-refractivity contribution in [1.29, 1.82) is 0 Å². The lowest BCUT2D eigenvalue weighted by molar-refractivity contribution is -0.121. The summed E-state index contributed by atoms with van der Waals surface area (Å²) in [5, 5.41) is 11.2. The SMILES string of the molecule is CNC(=O)CCOc1cncc(C(=O)O)c1. The van der Waals surface area contributed by atoms with E-state index in [1.807, 2.05) is 0 Å². The monoisotopic (exact) mass is 224 g/mol. The summed E-state index contributed by atoms with van der Waals surface area (Å²) in [5.74, 6) is -0.865. The minimum atomic E-state index is -1.07. The minimum absolute atomic E-state index is 0.0532. The fraction of sp³-hybridized carbons (Fsp3) is 0.300. The fourth-order valence-corrected chi connectivity index (χ4v) is 1.00. The first-order valence-electron chi connectivity index (χ1n) is 4.65. The van der Waals surface area contributed by atoms with Crippen molar-refractivity contribution >= 4 is 11.9 Å². The van der Waals surface area contributed by atoms with E-state index in [0.717, 1.165) is 0 Å². The zero-order chi connectivity index (χ0) is 12.0. The van der Waals surface area contributed by atoms with E-state index in [9.17, 15) is 9.59 Å². The number of aromatic nitrogens is 1. The topological polar surface area (TPSA) is 88.5 Å². The highest BCUT2D eigenvalue weighted by molar-refractivity contribution is 5.87. The highest BCUT2D eigenvalue weighted by Gasteiger charge is 2.05. The summed E-state index contributed by atoms with van der Waals surface area (Å²) in [6.07, 6.45) is 2.85. The largest absolute Gasteiger partial charge is 0.491 e. The van der Waals surface area contributed by atoms with Crippen molar-refractivity contribution in [2.75, 3.05) is 13.7 Å². The van der Waals surface area contributed by atoms with Crippen LogP contribution in [0.15, 0.2) is 18.5 Å². The number of nitrogens with zero attached hydrogens (tertiary/aromatic N) is 1. The van der Waals surface area contributed by atoms with Crippen molar-refractivity contribution in [3.8, 4) is 5.75 Å². The molecule has 16 heavy (non-hydrogen) atoms. The molecule has 0 saturated carbocycles. The zero-order valence-corrected chi connectivity index (χ0v) is 8.77. The molecule has 0 aliphatic heterocycles. The third-order valence-corrected chi connectivity index (χ3v) is 1.84. The maximum atomic E-state index is 10.9. The van der Waals surface area contributed by atoms with Crippen LogP contribution in [0.25, 0.3) is 0 Å². The van der Waals surface area contributed by atoms with Gasteiger partial charge in [-0.2, -0.15) is 0 Å². The Morgan fingerprint density at radius 2 is 2.25 bits per heavy atom. The number of carboxylic acids is 1. The van der Waals surface area contributed by atoms with E-state index >= 15 is 0 Å². The summed E-state index contributed by atoms with van der Waals surface area (Å²) in [7, 11) is 1.54. The Balaban J connectivity index is 2.51. The number of carbonyl (C=O) groups excluding carboxylic acids is 1. The number of nitrogens with one attached hydrogen (secondary N) is 1. The molecule has 2 N–H and O–H groups in total. The van der Waals surface area contributed by atoms with Crippen LogP contribution >= 0.6 is 0 Å². The normalized spacial score (nSPS) is 9.56. The predicted octanol–water partition coefficient (Wildman–Crippen LogP) is 0.295. The summed E-state index contributed by atoms with van der Waals surface area (Å²) in [6, 6.07) is 1.36. The van der Waals surface area contributed by atoms with Gasteiger partial charge in [0.25, 0.3) is 0 Å². The van der Waals surface area contributed by atoms with Crippen LogP contribution in [0.3, 0.4) is 0 Å². The van der Waals surface area contributed by atoms with Crippen molar-refractivity contribution in [1.82, 2.24) is 10.3 Å². The molecule has 0 aliphatic rings. The van der Waals surface area contributed by atoms with E-state index in [1.54, 1.807) is 0 Å². The van der Waals surface area contributed by atoms with Crippen molar-refractivity contribution in [3.63, 3.8) is 0 Å². The van der Waals surface area contributed by atoms with Gasteiger partial charge in [0.05, 0.1) is 24.8 Å². The van der Waals surface area contributed by atoms with E-state index < -0.39 is 5.97 Å². The predicted molar refractivity (Wildman–Crippen MR) is 55.4 cm³/mol. The maximum Gasteiger partial charge on any atom is 0.337 e. The van der Waals surface area contributed by atoms with Gasteiger partial charge in [0.2, 0.25) is 5.91 Å². The molecule has 0 fully saturated rings. The molecule has 0 atom stereocenters. The summed E-state index contributed by atoms with van der Waals surface area (Å²) in [4.78, 5) is 25.2. The van der Waals surface area contributed by atoms with E-state index in [2.05, 4.69) is 10.3 Å². The molecule has 1 aromatic heterocycles. The standard InChI is InChI=1S/C10H12N2O4/c1-11-9(13)2-3-16-8-4-7(10(14)15)5-12-6-8/h4-6H,2-3H2,1H3,(H,11,13)(H,14,15). The number of aromatic carboxylic acids is 1. The molecule has 1 aromatic rings. The van der Waals surface area contributed by atoms with Crippen LogP contribution in [-0.2, 0) is 4.79 Å². The van der Waals surface area contributed by atoms with Gasteiger partial charge in [0, 0.05) is 13.2 Å². The Labute approximate surface area is 92.3 Å². The molecule has 0 unspecified atom stereocenters. The van der Waals surface area contributed by atoms with E-state index in [1.165, 1.54) is 25.5 Å². The molecule has 0 saturated heterocycles. The Kier molecular flexibility index (Phi) is 4.26. The second-order valence-corrected chi connectivity index (χ2v) is 2.99. The van der Waals surface area contributed by atoms with Crippen LogP contribution in [0, 0.1) is 0 Å². The van der Waals surface area contributed by atoms with Crippen LogP contribution in [-0.4, -0.2) is 35.6 Å². The molecule has 0 spiro atoms. The molecule has 6 nitrogen and oxygen atoms in total. The van der Waals surface area contributed by atoms with Crippen LogP contribution in [0.1, 0.15) is 16.8 Å². The van der Waals surface area contributed by atoms with Crippen LogP contribution < -0.4 is 10.1 Å². The van der Waals surface area contributed by atoms with Crippen LogP contribution in [0.4, 0.5) is 0 Å². The van der Waals surface area contributed by atoms with Gasteiger partial charge in [-0.3, -0.25) is 9.78 Å². The van der Waals surface area contributed by atoms with Gasteiger partial charge in [0.1, 0.15) is 5.75 Å². The number of hydrogen-bond donors (Lipinski definition) is 2. The molecule has 0 bridgehead atoms. The molecule has 6 heteroatoms. The van der Waals surface area contributed by atoms with Crippen LogP contribution in [0.5, 0.6) is 5.75 Å². The summed E-state index contributed by atoms with van der Waals surface area (Å²) < 4.78 is 5.18. The number of hydrogen-bond acceptors (Lipinski definition) is 4. The first-order valence-corrected chi connectivity index (χ1v) is 4.65. The van der Waals surface area contributed by atoms with Gasteiger partial charge < -0.3 is 15.2 Å². The first kappa shape index (κ1) is 12.0. The highest BCUT2D eigenvalue weighted by atomic mass is 16.5. The van der Waals surface area contributed by atoms with Gasteiger partial charge in [0.15, 0.2) is 0 Å². The molecule has 1 rings (SSSR count). The molecule has 0 radical (unpaired) electrons. The average Bonchev–Trinajstić information content (AvgIpc) is 2.29. The molecule has 0 aromatic carbocycles. The zero-order valence-electron chi connectivity index (χ0n) is 8.77. The third kappa shape index (κ3) is 3.56. The van der Waals surface area contributed by atoms with Gasteiger partial charge in [-0.05, 0) is 6.07 Å². The second kappa shape index (κ2) is 5.69. The molecule has 1 amide bonds. The Morgan fingerprint density at radius 3 is 2.88 bits per heavy atom. The second-order valence-electron chi connectivity index (χ2n) is 2.99. The quantitative estimate of drug-likeness (QED) is 0.750. The van der Waals surface area contributed by atoms with E-state index in [0.29, 0.717) is 5.75 Å².